The van der Waals surface area contributed by atoms with E-state index in [2.05, 4.69) is 5.32 Å². The second-order valence-corrected chi connectivity index (χ2v) is 5.97. The van der Waals surface area contributed by atoms with Crippen LogP contribution in [0.4, 0.5) is 0 Å². The minimum absolute atomic E-state index is 0.0128. The number of furan rings is 1. The van der Waals surface area contributed by atoms with Crippen LogP contribution in [0, 0.1) is 5.92 Å². The van der Waals surface area contributed by atoms with Gasteiger partial charge in [0, 0.05) is 17.2 Å². The molecule has 1 amide bonds. The lowest BCUT2D eigenvalue weighted by molar-refractivity contribution is -0.145. The van der Waals surface area contributed by atoms with E-state index >= 15 is 0 Å². The summed E-state index contributed by atoms with van der Waals surface area (Å²) in [5.74, 6) is -0.847. The largest absolute Gasteiger partial charge is 0.481 e. The van der Waals surface area contributed by atoms with Gasteiger partial charge in [-0.1, -0.05) is 24.3 Å². The number of Topliss-reactive ketones (excluding diaryl/α,β-unsaturated/α-hetero) is 1. The maximum Gasteiger partial charge on any atom is 0.306 e. The quantitative estimate of drug-likeness (QED) is 0.823. The average molecular weight is 327 g/mol. The van der Waals surface area contributed by atoms with Crippen molar-refractivity contribution in [1.82, 2.24) is 5.32 Å². The molecule has 0 aliphatic heterocycles. The number of ketones is 1. The maximum atomic E-state index is 12.1. The molecular formula is C18H17NO5. The highest BCUT2D eigenvalue weighted by Crippen LogP contribution is 2.28. The molecule has 1 saturated carbocycles. The fourth-order valence-electron chi connectivity index (χ4n) is 2.68. The molecule has 1 aliphatic rings. The van der Waals surface area contributed by atoms with E-state index in [1.54, 1.807) is 36.4 Å². The molecule has 0 spiro atoms. The number of hydrogen-bond donors (Lipinski definition) is 2. The van der Waals surface area contributed by atoms with Crippen LogP contribution in [0.25, 0.3) is 11.3 Å². The highest BCUT2D eigenvalue weighted by molar-refractivity contribution is 5.94. The van der Waals surface area contributed by atoms with Gasteiger partial charge < -0.3 is 14.8 Å². The molecule has 124 valence electrons. The van der Waals surface area contributed by atoms with Gasteiger partial charge in [0.05, 0.1) is 5.92 Å². The Kier molecular flexibility index (Phi) is 4.20. The molecule has 2 aromatic rings. The van der Waals surface area contributed by atoms with Gasteiger partial charge in [0.2, 0.25) is 0 Å². The summed E-state index contributed by atoms with van der Waals surface area (Å²) >= 11 is 0. The highest BCUT2D eigenvalue weighted by Gasteiger charge is 2.35. The van der Waals surface area contributed by atoms with Gasteiger partial charge in [-0.05, 0) is 31.9 Å². The summed E-state index contributed by atoms with van der Waals surface area (Å²) in [5.41, 5.74) is 1.38. The number of amides is 1. The van der Waals surface area contributed by atoms with E-state index in [0.717, 1.165) is 5.56 Å². The number of carbonyl (C=O) groups is 3. The molecule has 0 radical (unpaired) electrons. The van der Waals surface area contributed by atoms with Crippen LogP contribution in [0.2, 0.25) is 0 Å². The first kappa shape index (κ1) is 16.0. The third kappa shape index (κ3) is 3.22. The molecule has 1 fully saturated rings. The molecule has 0 unspecified atom stereocenters. The minimum atomic E-state index is -0.824. The monoisotopic (exact) mass is 327 g/mol. The van der Waals surface area contributed by atoms with E-state index in [9.17, 15) is 14.4 Å². The first-order valence-corrected chi connectivity index (χ1v) is 7.69. The van der Waals surface area contributed by atoms with Crippen molar-refractivity contribution in [2.24, 2.45) is 5.92 Å². The minimum Gasteiger partial charge on any atom is -0.481 e. The Hall–Kier alpha value is -2.89. The zero-order valence-electron chi connectivity index (χ0n) is 13.1. The molecule has 1 aromatic carbocycles. The van der Waals surface area contributed by atoms with Gasteiger partial charge in [-0.25, -0.2) is 0 Å². The molecule has 2 N–H and O–H groups in total. The van der Waals surface area contributed by atoms with Gasteiger partial charge >= 0.3 is 5.97 Å². The first-order chi connectivity index (χ1) is 11.4. The van der Waals surface area contributed by atoms with Crippen LogP contribution in [-0.2, 0) is 4.79 Å². The van der Waals surface area contributed by atoms with E-state index in [0.29, 0.717) is 24.2 Å². The summed E-state index contributed by atoms with van der Waals surface area (Å²) < 4.78 is 5.56. The van der Waals surface area contributed by atoms with E-state index in [-0.39, 0.29) is 29.4 Å². The molecule has 1 aliphatic carbocycles. The fraction of sp³-hybridized carbons (Fsp3) is 0.278. The number of aliphatic carboxylic acids is 1. The van der Waals surface area contributed by atoms with Crippen molar-refractivity contribution in [2.75, 3.05) is 0 Å². The standard InChI is InChI=1S/C18H17NO5/c1-10(20)11-2-4-12(5-3-11)15-6-7-16(24-15)17(21)19-14-8-13(9-14)18(22)23/h2-7,13-14H,8-9H2,1H3,(H,19,21)(H,22,23). The van der Waals surface area contributed by atoms with Gasteiger partial charge in [0.25, 0.3) is 5.91 Å². The molecule has 1 aromatic heterocycles. The van der Waals surface area contributed by atoms with Crippen molar-refractivity contribution < 1.29 is 23.9 Å². The Morgan fingerprint density at radius 2 is 1.75 bits per heavy atom. The summed E-state index contributed by atoms with van der Waals surface area (Å²) in [7, 11) is 0. The molecule has 24 heavy (non-hydrogen) atoms. The molecule has 0 atom stereocenters. The smallest absolute Gasteiger partial charge is 0.306 e. The summed E-state index contributed by atoms with van der Waals surface area (Å²) in [5, 5.41) is 11.6. The van der Waals surface area contributed by atoms with E-state index in [1.807, 2.05) is 0 Å². The molecular weight excluding hydrogens is 310 g/mol. The van der Waals surface area contributed by atoms with Crippen molar-refractivity contribution in [1.29, 1.82) is 0 Å². The third-order valence-electron chi connectivity index (χ3n) is 4.23. The Morgan fingerprint density at radius 1 is 1.08 bits per heavy atom. The molecule has 0 saturated heterocycles. The van der Waals surface area contributed by atoms with E-state index in [1.165, 1.54) is 6.92 Å². The van der Waals surface area contributed by atoms with Crippen LogP contribution in [0.1, 0.15) is 40.7 Å². The van der Waals surface area contributed by atoms with Gasteiger partial charge in [0.1, 0.15) is 5.76 Å². The van der Waals surface area contributed by atoms with E-state index in [4.69, 9.17) is 9.52 Å². The molecule has 0 bridgehead atoms. The Morgan fingerprint density at radius 3 is 2.33 bits per heavy atom. The van der Waals surface area contributed by atoms with Crippen LogP contribution >= 0.6 is 0 Å². The van der Waals surface area contributed by atoms with Crippen LogP contribution in [0.15, 0.2) is 40.8 Å². The summed E-state index contributed by atoms with van der Waals surface area (Å²) in [4.78, 5) is 34.1. The Balaban J connectivity index is 1.64. The average Bonchev–Trinajstić information content (AvgIpc) is 3.00. The second kappa shape index (κ2) is 6.31. The van der Waals surface area contributed by atoms with Crippen molar-refractivity contribution in [2.45, 2.75) is 25.8 Å². The molecule has 1 heterocycles. The number of rotatable bonds is 5. The normalized spacial score (nSPS) is 19.4. The van der Waals surface area contributed by atoms with Crippen molar-refractivity contribution in [3.8, 4) is 11.3 Å². The maximum absolute atomic E-state index is 12.1. The topological polar surface area (TPSA) is 96.6 Å². The SMILES string of the molecule is CC(=O)c1ccc(-c2ccc(C(=O)NC3CC(C(=O)O)C3)o2)cc1. The zero-order valence-corrected chi connectivity index (χ0v) is 13.1. The zero-order chi connectivity index (χ0) is 17.3. The van der Waals surface area contributed by atoms with Crippen molar-refractivity contribution >= 4 is 17.7 Å². The van der Waals surface area contributed by atoms with Crippen LogP contribution in [-0.4, -0.2) is 28.8 Å². The number of carboxylic acids is 1. The van der Waals surface area contributed by atoms with Gasteiger partial charge in [-0.2, -0.15) is 0 Å². The second-order valence-electron chi connectivity index (χ2n) is 5.97. The third-order valence-corrected chi connectivity index (χ3v) is 4.23. The molecule has 6 nitrogen and oxygen atoms in total. The van der Waals surface area contributed by atoms with Crippen molar-refractivity contribution in [3.05, 3.63) is 47.7 Å². The van der Waals surface area contributed by atoms with E-state index < -0.39 is 5.97 Å². The number of nitrogens with one attached hydrogen (secondary N) is 1. The Labute approximate surface area is 138 Å². The van der Waals surface area contributed by atoms with Gasteiger partial charge in [0.15, 0.2) is 11.5 Å². The Bertz CT molecular complexity index is 784. The molecule has 3 rings (SSSR count). The summed E-state index contributed by atoms with van der Waals surface area (Å²) in [6.45, 7) is 1.50. The first-order valence-electron chi connectivity index (χ1n) is 7.69. The summed E-state index contributed by atoms with van der Waals surface area (Å²) in [6, 6.07) is 10.1. The lowest BCUT2D eigenvalue weighted by Crippen LogP contribution is -2.46. The predicted octanol–water partition coefficient (Wildman–Crippen LogP) is 2.74. The van der Waals surface area contributed by atoms with Crippen LogP contribution in [0.5, 0.6) is 0 Å². The van der Waals surface area contributed by atoms with Gasteiger partial charge in [-0.15, -0.1) is 0 Å². The van der Waals surface area contributed by atoms with Crippen LogP contribution in [0.3, 0.4) is 0 Å². The number of carboxylic acid groups (broad SMARTS) is 1. The predicted molar refractivity (Wildman–Crippen MR) is 85.8 cm³/mol. The van der Waals surface area contributed by atoms with Crippen molar-refractivity contribution in [3.63, 3.8) is 0 Å². The highest BCUT2D eigenvalue weighted by atomic mass is 16.4. The molecule has 6 heteroatoms. The lowest BCUT2D eigenvalue weighted by atomic mass is 9.80. The summed E-state index contributed by atoms with van der Waals surface area (Å²) in [6.07, 6.45) is 0.891. The van der Waals surface area contributed by atoms with Crippen LogP contribution < -0.4 is 5.32 Å². The number of benzene rings is 1. The number of carbonyl (C=O) groups excluding carboxylic acids is 2. The van der Waals surface area contributed by atoms with Gasteiger partial charge in [-0.3, -0.25) is 14.4 Å². The number of hydrogen-bond acceptors (Lipinski definition) is 4. The lowest BCUT2D eigenvalue weighted by Gasteiger charge is -2.32. The fourth-order valence-corrected chi connectivity index (χ4v) is 2.68.